The van der Waals surface area contributed by atoms with E-state index < -0.39 is 5.91 Å². The van der Waals surface area contributed by atoms with Crippen LogP contribution in [0.1, 0.15) is 41.0 Å². The van der Waals surface area contributed by atoms with Gasteiger partial charge in [-0.2, -0.15) is 10.2 Å². The fraction of sp³-hybridized carbons (Fsp3) is 0.286. The molecule has 1 fully saturated rings. The van der Waals surface area contributed by atoms with E-state index in [-0.39, 0.29) is 11.9 Å². The minimum absolute atomic E-state index is 0.00283. The maximum absolute atomic E-state index is 12.0. The normalized spacial score (nSPS) is 17.4. The second kappa shape index (κ2) is 5.73. The molecule has 1 unspecified atom stereocenters. The fourth-order valence-corrected chi connectivity index (χ4v) is 2.18. The van der Waals surface area contributed by atoms with Crippen LogP contribution in [-0.4, -0.2) is 22.6 Å². The Morgan fingerprint density at radius 2 is 2.24 bits per heavy atom. The van der Waals surface area contributed by atoms with Gasteiger partial charge in [0.05, 0.1) is 17.7 Å². The van der Waals surface area contributed by atoms with Crippen molar-refractivity contribution in [1.29, 1.82) is 5.26 Å². The molecule has 2 N–H and O–H groups in total. The summed E-state index contributed by atoms with van der Waals surface area (Å²) in [5.74, 6) is 0.00763. The lowest BCUT2D eigenvalue weighted by atomic mass is 10.2. The van der Waals surface area contributed by atoms with Crippen LogP contribution >= 0.6 is 0 Å². The van der Waals surface area contributed by atoms with Crippen LogP contribution in [0.2, 0.25) is 0 Å². The second-order valence-corrected chi connectivity index (χ2v) is 4.75. The second-order valence-electron chi connectivity index (χ2n) is 4.75. The average Bonchev–Trinajstić information content (AvgIpc) is 3.19. The Balaban J connectivity index is 1.68. The first-order valence-electron chi connectivity index (χ1n) is 6.65. The molecule has 2 aromatic rings. The van der Waals surface area contributed by atoms with Gasteiger partial charge >= 0.3 is 0 Å². The zero-order chi connectivity index (χ0) is 14.7. The fourth-order valence-electron chi connectivity index (χ4n) is 2.18. The molecule has 0 saturated carbocycles. The van der Waals surface area contributed by atoms with Gasteiger partial charge in [-0.05, 0) is 43.7 Å². The molecular weight excluding hydrogens is 270 g/mol. The summed E-state index contributed by atoms with van der Waals surface area (Å²) in [6.45, 7) is 0.916. The Kier molecular flexibility index (Phi) is 3.62. The molecule has 0 aliphatic carbocycles. The predicted molar refractivity (Wildman–Crippen MR) is 73.4 cm³/mol. The highest BCUT2D eigenvalue weighted by Crippen LogP contribution is 2.21. The molecule has 21 heavy (non-hydrogen) atoms. The van der Waals surface area contributed by atoms with Crippen molar-refractivity contribution in [3.8, 4) is 6.07 Å². The third-order valence-electron chi connectivity index (χ3n) is 3.28. The summed E-state index contributed by atoms with van der Waals surface area (Å²) in [7, 11) is 0. The zero-order valence-electron chi connectivity index (χ0n) is 11.2. The van der Waals surface area contributed by atoms with E-state index in [4.69, 9.17) is 9.78 Å². The van der Waals surface area contributed by atoms with Crippen molar-refractivity contribution in [2.45, 2.75) is 18.9 Å². The standard InChI is InChI=1S/C14H13N5O2/c15-8-9-3-5-10(6-4-9)17-13(20)12-18-14(21-19-12)11-2-1-7-16-11/h3-6,11,16H,1-2,7H2,(H,17,20). The summed E-state index contributed by atoms with van der Waals surface area (Å²) in [6, 6.07) is 8.60. The number of nitriles is 1. The highest BCUT2D eigenvalue weighted by molar-refractivity contribution is 6.01. The first-order chi connectivity index (χ1) is 10.3. The van der Waals surface area contributed by atoms with Crippen LogP contribution < -0.4 is 10.6 Å². The van der Waals surface area contributed by atoms with Gasteiger partial charge in [0.1, 0.15) is 0 Å². The lowest BCUT2D eigenvalue weighted by molar-refractivity contribution is 0.101. The van der Waals surface area contributed by atoms with Gasteiger partial charge in [0.2, 0.25) is 5.89 Å². The van der Waals surface area contributed by atoms with E-state index in [1.165, 1.54) is 0 Å². The molecule has 1 saturated heterocycles. The maximum Gasteiger partial charge on any atom is 0.297 e. The van der Waals surface area contributed by atoms with E-state index in [9.17, 15) is 4.79 Å². The van der Waals surface area contributed by atoms with Crippen molar-refractivity contribution in [3.63, 3.8) is 0 Å². The molecule has 2 heterocycles. The van der Waals surface area contributed by atoms with E-state index in [1.54, 1.807) is 24.3 Å². The van der Waals surface area contributed by atoms with Crippen LogP contribution in [-0.2, 0) is 0 Å². The number of nitrogens with zero attached hydrogens (tertiary/aromatic N) is 3. The first kappa shape index (κ1) is 13.3. The quantitative estimate of drug-likeness (QED) is 0.887. The molecule has 0 spiro atoms. The Bertz CT molecular complexity index is 680. The molecule has 1 aliphatic rings. The molecule has 1 atom stereocenters. The molecule has 7 heteroatoms. The van der Waals surface area contributed by atoms with E-state index in [0.29, 0.717) is 17.1 Å². The molecule has 0 radical (unpaired) electrons. The van der Waals surface area contributed by atoms with Gasteiger partial charge in [-0.1, -0.05) is 5.16 Å². The Morgan fingerprint density at radius 3 is 2.90 bits per heavy atom. The van der Waals surface area contributed by atoms with E-state index in [0.717, 1.165) is 19.4 Å². The Hall–Kier alpha value is -2.72. The predicted octanol–water partition coefficient (Wildman–Crippen LogP) is 1.62. The number of carbonyl (C=O) groups excluding carboxylic acids is 1. The molecular formula is C14H13N5O2. The highest BCUT2D eigenvalue weighted by atomic mass is 16.5. The number of hydrogen-bond acceptors (Lipinski definition) is 6. The number of carbonyl (C=O) groups is 1. The first-order valence-corrected chi connectivity index (χ1v) is 6.65. The summed E-state index contributed by atoms with van der Waals surface area (Å²) in [5.41, 5.74) is 1.10. The molecule has 1 aromatic heterocycles. The lowest BCUT2D eigenvalue weighted by Crippen LogP contribution is -2.15. The summed E-state index contributed by atoms with van der Waals surface area (Å²) in [5, 5.41) is 18.3. The number of amides is 1. The number of anilines is 1. The molecule has 3 rings (SSSR count). The van der Waals surface area contributed by atoms with Crippen molar-refractivity contribution < 1.29 is 9.32 Å². The number of nitrogens with one attached hydrogen (secondary N) is 2. The SMILES string of the molecule is N#Cc1ccc(NC(=O)c2noc(C3CCCN3)n2)cc1. The van der Waals surface area contributed by atoms with E-state index >= 15 is 0 Å². The Morgan fingerprint density at radius 1 is 1.43 bits per heavy atom. The molecule has 1 aromatic carbocycles. The van der Waals surface area contributed by atoms with Crippen molar-refractivity contribution in [3.05, 3.63) is 41.5 Å². The largest absolute Gasteiger partial charge is 0.337 e. The van der Waals surface area contributed by atoms with Crippen molar-refractivity contribution >= 4 is 11.6 Å². The molecule has 1 aliphatic heterocycles. The molecule has 106 valence electrons. The van der Waals surface area contributed by atoms with E-state index in [2.05, 4.69) is 20.8 Å². The van der Waals surface area contributed by atoms with Crippen LogP contribution in [0, 0.1) is 11.3 Å². The molecule has 0 bridgehead atoms. The van der Waals surface area contributed by atoms with Crippen LogP contribution in [0.25, 0.3) is 0 Å². The summed E-state index contributed by atoms with van der Waals surface area (Å²) >= 11 is 0. The van der Waals surface area contributed by atoms with Gasteiger partial charge in [0.25, 0.3) is 11.7 Å². The summed E-state index contributed by atoms with van der Waals surface area (Å²) in [6.07, 6.45) is 1.98. The van der Waals surface area contributed by atoms with Gasteiger partial charge in [-0.3, -0.25) is 4.79 Å². The van der Waals surface area contributed by atoms with Crippen LogP contribution in [0.4, 0.5) is 5.69 Å². The number of aromatic nitrogens is 2. The van der Waals surface area contributed by atoms with Crippen molar-refractivity contribution in [2.24, 2.45) is 0 Å². The van der Waals surface area contributed by atoms with Gasteiger partial charge in [-0.25, -0.2) is 0 Å². The monoisotopic (exact) mass is 283 g/mol. The average molecular weight is 283 g/mol. The maximum atomic E-state index is 12.0. The minimum atomic E-state index is -0.437. The third-order valence-corrected chi connectivity index (χ3v) is 3.28. The number of hydrogen-bond donors (Lipinski definition) is 2. The smallest absolute Gasteiger partial charge is 0.297 e. The zero-order valence-corrected chi connectivity index (χ0v) is 11.2. The van der Waals surface area contributed by atoms with Crippen LogP contribution in [0.5, 0.6) is 0 Å². The van der Waals surface area contributed by atoms with Gasteiger partial charge < -0.3 is 15.2 Å². The van der Waals surface area contributed by atoms with Crippen LogP contribution in [0.3, 0.4) is 0 Å². The summed E-state index contributed by atoms with van der Waals surface area (Å²) in [4.78, 5) is 16.1. The summed E-state index contributed by atoms with van der Waals surface area (Å²) < 4.78 is 5.12. The number of rotatable bonds is 3. The van der Waals surface area contributed by atoms with Gasteiger partial charge in [0, 0.05) is 5.69 Å². The topological polar surface area (TPSA) is 104 Å². The Labute approximate surface area is 121 Å². The van der Waals surface area contributed by atoms with Crippen molar-refractivity contribution in [2.75, 3.05) is 11.9 Å². The van der Waals surface area contributed by atoms with Crippen LogP contribution in [0.15, 0.2) is 28.8 Å². The lowest BCUT2D eigenvalue weighted by Gasteiger charge is -2.02. The van der Waals surface area contributed by atoms with E-state index in [1.807, 2.05) is 6.07 Å². The molecule has 1 amide bonds. The third kappa shape index (κ3) is 2.90. The van der Waals surface area contributed by atoms with Crippen molar-refractivity contribution in [1.82, 2.24) is 15.5 Å². The highest BCUT2D eigenvalue weighted by Gasteiger charge is 2.24. The van der Waals surface area contributed by atoms with Gasteiger partial charge in [0.15, 0.2) is 0 Å². The van der Waals surface area contributed by atoms with Gasteiger partial charge in [-0.15, -0.1) is 0 Å². The number of benzene rings is 1. The minimum Gasteiger partial charge on any atom is -0.337 e. The molecule has 7 nitrogen and oxygen atoms in total.